The summed E-state index contributed by atoms with van der Waals surface area (Å²) in [5.41, 5.74) is 4.16. The first-order valence-electron chi connectivity index (χ1n) is 7.29. The quantitative estimate of drug-likeness (QED) is 0.559. The lowest BCUT2D eigenvalue weighted by atomic mass is 10.0. The summed E-state index contributed by atoms with van der Waals surface area (Å²) >= 11 is 6.18. The first-order valence-corrected chi connectivity index (χ1v) is 7.67. The van der Waals surface area contributed by atoms with Crippen LogP contribution in [0, 0.1) is 0 Å². The van der Waals surface area contributed by atoms with Crippen molar-refractivity contribution >= 4 is 23.5 Å². The van der Waals surface area contributed by atoms with E-state index in [4.69, 9.17) is 16.3 Å². The van der Waals surface area contributed by atoms with Gasteiger partial charge < -0.3 is 4.74 Å². The van der Waals surface area contributed by atoms with E-state index < -0.39 is 0 Å². The highest BCUT2D eigenvalue weighted by molar-refractivity contribution is 6.32. The fourth-order valence-electron chi connectivity index (χ4n) is 2.27. The van der Waals surface area contributed by atoms with Gasteiger partial charge in [-0.1, -0.05) is 60.1 Å². The van der Waals surface area contributed by atoms with Crippen molar-refractivity contribution in [3.05, 3.63) is 83.4 Å². The Labute approximate surface area is 141 Å². The highest BCUT2D eigenvalue weighted by Crippen LogP contribution is 2.30. The molecule has 23 heavy (non-hydrogen) atoms. The predicted molar refractivity (Wildman–Crippen MR) is 97.1 cm³/mol. The highest BCUT2D eigenvalue weighted by atomic mass is 35.5. The number of aliphatic imine (C=N–C) groups is 1. The van der Waals surface area contributed by atoms with Gasteiger partial charge in [0, 0.05) is 6.21 Å². The molecule has 0 heterocycles. The van der Waals surface area contributed by atoms with Crippen LogP contribution >= 0.6 is 11.6 Å². The summed E-state index contributed by atoms with van der Waals surface area (Å²) in [7, 11) is 1.61. The second-order valence-corrected chi connectivity index (χ2v) is 5.47. The standard InChI is InChI=1S/C20H16ClNO/c1-23-20-12-11-17(13-19(20)21)16-9-7-15(8-10-16)14-22-18-5-3-2-4-6-18/h2-14H,1H3/b22-14+. The third kappa shape index (κ3) is 3.79. The summed E-state index contributed by atoms with van der Waals surface area (Å²) in [6.45, 7) is 0. The second-order valence-electron chi connectivity index (χ2n) is 5.07. The van der Waals surface area contributed by atoms with Crippen molar-refractivity contribution in [3.8, 4) is 16.9 Å². The molecular formula is C20H16ClNO. The van der Waals surface area contributed by atoms with E-state index in [1.807, 2.05) is 66.9 Å². The normalized spacial score (nSPS) is 10.9. The molecule has 0 amide bonds. The molecule has 0 aliphatic rings. The monoisotopic (exact) mass is 321 g/mol. The Kier molecular flexibility index (Phi) is 4.74. The number of methoxy groups -OCH3 is 1. The van der Waals surface area contributed by atoms with E-state index in [-0.39, 0.29) is 0 Å². The van der Waals surface area contributed by atoms with Crippen LogP contribution < -0.4 is 4.74 Å². The maximum Gasteiger partial charge on any atom is 0.137 e. The van der Waals surface area contributed by atoms with E-state index in [1.165, 1.54) is 0 Å². The Hall–Kier alpha value is -2.58. The molecule has 0 fully saturated rings. The number of benzene rings is 3. The van der Waals surface area contributed by atoms with E-state index in [0.29, 0.717) is 10.8 Å². The Morgan fingerprint density at radius 1 is 0.870 bits per heavy atom. The van der Waals surface area contributed by atoms with Gasteiger partial charge in [0.15, 0.2) is 0 Å². The van der Waals surface area contributed by atoms with Gasteiger partial charge in [-0.2, -0.15) is 0 Å². The van der Waals surface area contributed by atoms with Crippen molar-refractivity contribution in [2.45, 2.75) is 0 Å². The lowest BCUT2D eigenvalue weighted by Crippen LogP contribution is -1.86. The number of nitrogens with zero attached hydrogens (tertiary/aromatic N) is 1. The third-order valence-electron chi connectivity index (χ3n) is 3.51. The molecule has 114 valence electrons. The van der Waals surface area contributed by atoms with Crippen LogP contribution in [0.5, 0.6) is 5.75 Å². The molecule has 0 unspecified atom stereocenters. The summed E-state index contributed by atoms with van der Waals surface area (Å²) in [6, 6.07) is 23.9. The van der Waals surface area contributed by atoms with Gasteiger partial charge in [0.05, 0.1) is 17.8 Å². The summed E-state index contributed by atoms with van der Waals surface area (Å²) in [5.74, 6) is 0.682. The zero-order valence-electron chi connectivity index (χ0n) is 12.7. The minimum absolute atomic E-state index is 0.611. The minimum atomic E-state index is 0.611. The van der Waals surface area contributed by atoms with Crippen LogP contribution in [0.25, 0.3) is 11.1 Å². The third-order valence-corrected chi connectivity index (χ3v) is 3.81. The van der Waals surface area contributed by atoms with Crippen molar-refractivity contribution in [2.24, 2.45) is 4.99 Å². The smallest absolute Gasteiger partial charge is 0.137 e. The van der Waals surface area contributed by atoms with Gasteiger partial charge in [-0.3, -0.25) is 4.99 Å². The zero-order chi connectivity index (χ0) is 16.1. The molecule has 3 aromatic rings. The van der Waals surface area contributed by atoms with E-state index >= 15 is 0 Å². The minimum Gasteiger partial charge on any atom is -0.495 e. The van der Waals surface area contributed by atoms with Crippen LogP contribution in [-0.4, -0.2) is 13.3 Å². The van der Waals surface area contributed by atoms with E-state index in [9.17, 15) is 0 Å². The van der Waals surface area contributed by atoms with Gasteiger partial charge in [0.25, 0.3) is 0 Å². The van der Waals surface area contributed by atoms with E-state index in [1.54, 1.807) is 7.11 Å². The summed E-state index contributed by atoms with van der Waals surface area (Å²) in [6.07, 6.45) is 1.86. The summed E-state index contributed by atoms with van der Waals surface area (Å²) in [4.78, 5) is 4.45. The van der Waals surface area contributed by atoms with Gasteiger partial charge in [-0.15, -0.1) is 0 Å². The number of ether oxygens (including phenoxy) is 1. The van der Waals surface area contributed by atoms with Crippen LogP contribution in [0.3, 0.4) is 0 Å². The SMILES string of the molecule is COc1ccc(-c2ccc(/C=N/c3ccccc3)cc2)cc1Cl. The van der Waals surface area contributed by atoms with Crippen LogP contribution in [-0.2, 0) is 0 Å². The average Bonchev–Trinajstić information content (AvgIpc) is 2.61. The number of halogens is 1. The largest absolute Gasteiger partial charge is 0.495 e. The van der Waals surface area contributed by atoms with Gasteiger partial charge in [-0.25, -0.2) is 0 Å². The molecule has 3 rings (SSSR count). The molecule has 0 radical (unpaired) electrons. The molecule has 0 aliphatic carbocycles. The number of hydrogen-bond acceptors (Lipinski definition) is 2. The number of para-hydroxylation sites is 1. The first kappa shape index (κ1) is 15.3. The molecule has 0 aliphatic heterocycles. The second kappa shape index (κ2) is 7.12. The molecule has 3 aromatic carbocycles. The number of hydrogen-bond donors (Lipinski definition) is 0. The van der Waals surface area contributed by atoms with E-state index in [0.717, 1.165) is 22.4 Å². The molecule has 0 spiro atoms. The maximum atomic E-state index is 6.18. The molecule has 0 saturated carbocycles. The molecule has 0 atom stereocenters. The molecule has 0 N–H and O–H groups in total. The Bertz CT molecular complexity index is 811. The van der Waals surface area contributed by atoms with Gasteiger partial charge >= 0.3 is 0 Å². The molecule has 0 saturated heterocycles. The van der Waals surface area contributed by atoms with E-state index in [2.05, 4.69) is 17.1 Å². The van der Waals surface area contributed by atoms with Crippen LogP contribution in [0.15, 0.2) is 77.8 Å². The van der Waals surface area contributed by atoms with Crippen molar-refractivity contribution in [2.75, 3.05) is 7.11 Å². The van der Waals surface area contributed by atoms with Crippen LogP contribution in [0.4, 0.5) is 5.69 Å². The van der Waals surface area contributed by atoms with Crippen molar-refractivity contribution in [1.82, 2.24) is 0 Å². The first-order chi connectivity index (χ1) is 11.3. The zero-order valence-corrected chi connectivity index (χ0v) is 13.5. The Morgan fingerprint density at radius 2 is 1.57 bits per heavy atom. The molecule has 3 heteroatoms. The van der Waals surface area contributed by atoms with Gasteiger partial charge in [-0.05, 0) is 41.0 Å². The topological polar surface area (TPSA) is 21.6 Å². The Balaban J connectivity index is 1.79. The average molecular weight is 322 g/mol. The summed E-state index contributed by atoms with van der Waals surface area (Å²) < 4.78 is 5.18. The number of rotatable bonds is 4. The van der Waals surface area contributed by atoms with Crippen molar-refractivity contribution < 1.29 is 4.74 Å². The molecule has 0 bridgehead atoms. The molecule has 2 nitrogen and oxygen atoms in total. The molecular weight excluding hydrogens is 306 g/mol. The van der Waals surface area contributed by atoms with Crippen LogP contribution in [0.2, 0.25) is 5.02 Å². The van der Waals surface area contributed by atoms with Crippen molar-refractivity contribution in [3.63, 3.8) is 0 Å². The fraction of sp³-hybridized carbons (Fsp3) is 0.0500. The Morgan fingerprint density at radius 3 is 2.22 bits per heavy atom. The molecule has 0 aromatic heterocycles. The fourth-order valence-corrected chi connectivity index (χ4v) is 2.53. The van der Waals surface area contributed by atoms with Gasteiger partial charge in [0.1, 0.15) is 5.75 Å². The highest BCUT2D eigenvalue weighted by Gasteiger charge is 2.03. The van der Waals surface area contributed by atoms with Crippen LogP contribution in [0.1, 0.15) is 5.56 Å². The predicted octanol–water partition coefficient (Wildman–Crippen LogP) is 5.77. The van der Waals surface area contributed by atoms with Crippen molar-refractivity contribution in [1.29, 1.82) is 0 Å². The van der Waals surface area contributed by atoms with Gasteiger partial charge in [0.2, 0.25) is 0 Å². The maximum absolute atomic E-state index is 6.18. The summed E-state index contributed by atoms with van der Waals surface area (Å²) in [5, 5.41) is 0.611. The lowest BCUT2D eigenvalue weighted by Gasteiger charge is -2.06. The lowest BCUT2D eigenvalue weighted by molar-refractivity contribution is 0.415.